The summed E-state index contributed by atoms with van der Waals surface area (Å²) in [6.07, 6.45) is 5.90. The maximum Gasteiger partial charge on any atom is 0.156 e. The number of likely N-dealkylation sites (tertiary alicyclic amines) is 1. The van der Waals surface area contributed by atoms with Crippen molar-refractivity contribution in [3.63, 3.8) is 0 Å². The van der Waals surface area contributed by atoms with Crippen LogP contribution in [0.25, 0.3) is 11.5 Å². The van der Waals surface area contributed by atoms with Crippen molar-refractivity contribution < 1.29 is 0 Å². The molecule has 1 N–H and O–H groups in total. The van der Waals surface area contributed by atoms with Crippen molar-refractivity contribution in [1.29, 1.82) is 0 Å². The van der Waals surface area contributed by atoms with E-state index in [1.165, 1.54) is 16.9 Å². The molecule has 0 radical (unpaired) electrons. The predicted molar refractivity (Wildman–Crippen MR) is 95.8 cm³/mol. The zero-order chi connectivity index (χ0) is 16.5. The molecule has 0 saturated carbocycles. The molecule has 3 aromatic rings. The monoisotopic (exact) mass is 339 g/mol. The predicted octanol–water partition coefficient (Wildman–Crippen LogP) is 3.88. The van der Waals surface area contributed by atoms with Crippen molar-refractivity contribution in [1.82, 2.24) is 24.8 Å². The lowest BCUT2D eigenvalue weighted by Gasteiger charge is -2.23. The first kappa shape index (κ1) is 15.5. The molecule has 3 aromatic heterocycles. The molecular formula is C18H21N5S. The normalized spacial score (nSPS) is 18.3. The van der Waals surface area contributed by atoms with Gasteiger partial charge >= 0.3 is 0 Å². The number of aryl methyl sites for hydroxylation is 2. The number of hydrogen-bond acceptors (Lipinski definition) is 5. The number of hydrogen-bond donors (Lipinski definition) is 1. The lowest BCUT2D eigenvalue weighted by atomic mass is 10.2. The number of nitrogens with zero attached hydrogens (tertiary/aromatic N) is 4. The SMILES string of the molecule is Cc1cc(-c2ncc[nH]2)nc(C2CCCN2Cc2sccc2C)n1. The highest BCUT2D eigenvalue weighted by molar-refractivity contribution is 7.10. The minimum Gasteiger partial charge on any atom is -0.343 e. The van der Waals surface area contributed by atoms with Crippen LogP contribution in [-0.4, -0.2) is 31.4 Å². The number of H-pyrrole nitrogens is 1. The van der Waals surface area contributed by atoms with Crippen LogP contribution in [0.1, 0.15) is 40.8 Å². The van der Waals surface area contributed by atoms with E-state index in [1.54, 1.807) is 6.20 Å². The third-order valence-corrected chi connectivity index (χ3v) is 5.60. The van der Waals surface area contributed by atoms with E-state index in [2.05, 4.69) is 33.2 Å². The van der Waals surface area contributed by atoms with Gasteiger partial charge in [0.05, 0.1) is 6.04 Å². The highest BCUT2D eigenvalue weighted by Crippen LogP contribution is 2.33. The Labute approximate surface area is 145 Å². The van der Waals surface area contributed by atoms with Gasteiger partial charge in [-0.15, -0.1) is 11.3 Å². The molecule has 5 nitrogen and oxygen atoms in total. The lowest BCUT2D eigenvalue weighted by molar-refractivity contribution is 0.241. The molecule has 4 heterocycles. The van der Waals surface area contributed by atoms with E-state index in [1.807, 2.05) is 30.5 Å². The molecular weight excluding hydrogens is 318 g/mol. The summed E-state index contributed by atoms with van der Waals surface area (Å²) < 4.78 is 0. The first-order valence-electron chi connectivity index (χ1n) is 8.33. The molecule has 1 atom stereocenters. The second-order valence-corrected chi connectivity index (χ2v) is 7.35. The topological polar surface area (TPSA) is 57.7 Å². The fourth-order valence-electron chi connectivity index (χ4n) is 3.33. The van der Waals surface area contributed by atoms with Crippen molar-refractivity contribution >= 4 is 11.3 Å². The first-order chi connectivity index (χ1) is 11.7. The number of thiophene rings is 1. The molecule has 1 saturated heterocycles. The van der Waals surface area contributed by atoms with Gasteiger partial charge in [-0.05, 0) is 56.3 Å². The summed E-state index contributed by atoms with van der Waals surface area (Å²) in [5.41, 5.74) is 3.25. The zero-order valence-electron chi connectivity index (χ0n) is 14.0. The molecule has 1 aliphatic rings. The lowest BCUT2D eigenvalue weighted by Crippen LogP contribution is -2.24. The van der Waals surface area contributed by atoms with Gasteiger partial charge in [0.25, 0.3) is 0 Å². The number of aromatic amines is 1. The number of nitrogens with one attached hydrogen (secondary N) is 1. The number of aromatic nitrogens is 4. The Morgan fingerprint density at radius 1 is 1.33 bits per heavy atom. The maximum atomic E-state index is 4.82. The summed E-state index contributed by atoms with van der Waals surface area (Å²) in [6, 6.07) is 4.48. The maximum absolute atomic E-state index is 4.82. The number of imidazole rings is 1. The molecule has 0 spiro atoms. The Hall–Kier alpha value is -2.05. The third-order valence-electron chi connectivity index (χ3n) is 4.59. The Kier molecular flexibility index (Phi) is 4.16. The summed E-state index contributed by atoms with van der Waals surface area (Å²) in [6.45, 7) is 6.31. The largest absolute Gasteiger partial charge is 0.343 e. The Balaban J connectivity index is 1.63. The van der Waals surface area contributed by atoms with Crippen molar-refractivity contribution in [3.05, 3.63) is 51.9 Å². The van der Waals surface area contributed by atoms with Crippen LogP contribution in [0, 0.1) is 13.8 Å². The van der Waals surface area contributed by atoms with Crippen molar-refractivity contribution in [2.75, 3.05) is 6.54 Å². The summed E-state index contributed by atoms with van der Waals surface area (Å²) in [7, 11) is 0. The highest BCUT2D eigenvalue weighted by Gasteiger charge is 2.29. The molecule has 4 rings (SSSR count). The molecule has 1 aliphatic heterocycles. The van der Waals surface area contributed by atoms with Crippen LogP contribution >= 0.6 is 11.3 Å². The molecule has 24 heavy (non-hydrogen) atoms. The van der Waals surface area contributed by atoms with Gasteiger partial charge in [-0.25, -0.2) is 15.0 Å². The fraction of sp³-hybridized carbons (Fsp3) is 0.389. The van der Waals surface area contributed by atoms with Crippen molar-refractivity contribution in [2.24, 2.45) is 0 Å². The van der Waals surface area contributed by atoms with Crippen LogP contribution in [0.4, 0.5) is 0 Å². The first-order valence-corrected chi connectivity index (χ1v) is 9.21. The van der Waals surface area contributed by atoms with Gasteiger partial charge in [0, 0.05) is 29.5 Å². The van der Waals surface area contributed by atoms with Gasteiger partial charge in [-0.2, -0.15) is 0 Å². The highest BCUT2D eigenvalue weighted by atomic mass is 32.1. The minimum absolute atomic E-state index is 0.292. The molecule has 124 valence electrons. The Morgan fingerprint density at radius 2 is 2.25 bits per heavy atom. The Bertz CT molecular complexity index is 824. The summed E-state index contributed by atoms with van der Waals surface area (Å²) in [4.78, 5) is 21.0. The van der Waals surface area contributed by atoms with E-state index in [0.29, 0.717) is 6.04 Å². The van der Waals surface area contributed by atoms with Gasteiger partial charge in [0.15, 0.2) is 5.82 Å². The molecule has 0 amide bonds. The van der Waals surface area contributed by atoms with Crippen LogP contribution in [-0.2, 0) is 6.54 Å². The summed E-state index contributed by atoms with van der Waals surface area (Å²) >= 11 is 1.84. The van der Waals surface area contributed by atoms with Gasteiger partial charge in [-0.3, -0.25) is 4.90 Å². The van der Waals surface area contributed by atoms with Gasteiger partial charge in [0.2, 0.25) is 0 Å². The van der Waals surface area contributed by atoms with Gasteiger partial charge in [0.1, 0.15) is 11.5 Å². The van der Waals surface area contributed by atoms with Gasteiger partial charge < -0.3 is 4.98 Å². The van der Waals surface area contributed by atoms with E-state index in [9.17, 15) is 0 Å². The molecule has 0 aliphatic carbocycles. The van der Waals surface area contributed by atoms with Crippen LogP contribution in [0.2, 0.25) is 0 Å². The molecule has 1 fully saturated rings. The minimum atomic E-state index is 0.292. The van der Waals surface area contributed by atoms with E-state index >= 15 is 0 Å². The standard InChI is InChI=1S/C18H21N5S/c1-12-5-9-24-16(12)11-23-8-3-4-15(23)18-21-13(2)10-14(22-18)17-19-6-7-20-17/h5-7,9-10,15H,3-4,8,11H2,1-2H3,(H,19,20). The Morgan fingerprint density at radius 3 is 3.00 bits per heavy atom. The summed E-state index contributed by atoms with van der Waals surface area (Å²) in [5.74, 6) is 1.73. The van der Waals surface area contributed by atoms with Crippen molar-refractivity contribution in [2.45, 2.75) is 39.3 Å². The molecule has 0 bridgehead atoms. The van der Waals surface area contributed by atoms with E-state index < -0.39 is 0 Å². The second kappa shape index (κ2) is 6.45. The van der Waals surface area contributed by atoms with Crippen LogP contribution in [0.15, 0.2) is 29.9 Å². The molecule has 1 unspecified atom stereocenters. The quantitative estimate of drug-likeness (QED) is 0.783. The third kappa shape index (κ3) is 2.99. The molecule has 6 heteroatoms. The van der Waals surface area contributed by atoms with Crippen LogP contribution in [0.3, 0.4) is 0 Å². The average molecular weight is 339 g/mol. The van der Waals surface area contributed by atoms with Gasteiger partial charge in [-0.1, -0.05) is 0 Å². The van der Waals surface area contributed by atoms with E-state index in [0.717, 1.165) is 42.5 Å². The fourth-order valence-corrected chi connectivity index (χ4v) is 4.26. The van der Waals surface area contributed by atoms with Crippen LogP contribution in [0.5, 0.6) is 0 Å². The molecule has 0 aromatic carbocycles. The second-order valence-electron chi connectivity index (χ2n) is 6.35. The smallest absolute Gasteiger partial charge is 0.156 e. The summed E-state index contributed by atoms with van der Waals surface area (Å²) in [5, 5.41) is 2.17. The van der Waals surface area contributed by atoms with E-state index in [-0.39, 0.29) is 0 Å². The number of rotatable bonds is 4. The van der Waals surface area contributed by atoms with Crippen molar-refractivity contribution in [3.8, 4) is 11.5 Å². The average Bonchev–Trinajstić information content (AvgIpc) is 3.30. The zero-order valence-corrected chi connectivity index (χ0v) is 14.8. The van der Waals surface area contributed by atoms with Crippen LogP contribution < -0.4 is 0 Å². The van der Waals surface area contributed by atoms with E-state index in [4.69, 9.17) is 9.97 Å².